The Balaban J connectivity index is 1.91. The van der Waals surface area contributed by atoms with Crippen LogP contribution in [0.25, 0.3) is 0 Å². The number of aromatic hydroxyl groups is 1. The number of thiocarbonyl (C=S) groups is 1. The predicted octanol–water partition coefficient (Wildman–Crippen LogP) is 3.17. The van der Waals surface area contributed by atoms with Crippen molar-refractivity contribution in [2.24, 2.45) is 11.7 Å². The summed E-state index contributed by atoms with van der Waals surface area (Å²) in [6.45, 7) is 7.43. The number of phenols is 1. The molecule has 2 fully saturated rings. The van der Waals surface area contributed by atoms with E-state index in [0.29, 0.717) is 18.4 Å². The fourth-order valence-electron chi connectivity index (χ4n) is 6.14. The number of hydrogen-bond donors (Lipinski definition) is 3. The molecule has 152 valence electrons. The van der Waals surface area contributed by atoms with Crippen LogP contribution in [-0.2, 0) is 11.8 Å². The molecular weight excluding hydrogens is 368 g/mol. The second-order valence-corrected chi connectivity index (χ2v) is 10.6. The number of likely N-dealkylation sites (N-methyl/N-ethyl adjacent to an activating group) is 1. The lowest BCUT2D eigenvalue weighted by Crippen LogP contribution is -2.71. The third-order valence-corrected chi connectivity index (χ3v) is 7.95. The number of phenolic OH excluding ortho intramolecular Hbond substituents is 1. The first-order chi connectivity index (χ1) is 13.0. The first-order valence-electron chi connectivity index (χ1n) is 10.4. The third kappa shape index (κ3) is 2.82. The summed E-state index contributed by atoms with van der Waals surface area (Å²) >= 11 is 5.16. The van der Waals surface area contributed by atoms with Crippen LogP contribution < -0.4 is 5.73 Å². The van der Waals surface area contributed by atoms with Crippen LogP contribution in [0.5, 0.6) is 5.75 Å². The largest absolute Gasteiger partial charge is 0.507 e. The van der Waals surface area contributed by atoms with Crippen molar-refractivity contribution in [3.8, 4) is 5.75 Å². The van der Waals surface area contributed by atoms with Gasteiger partial charge in [0, 0.05) is 23.3 Å². The van der Waals surface area contributed by atoms with Gasteiger partial charge in [-0.1, -0.05) is 37.4 Å². The van der Waals surface area contributed by atoms with Gasteiger partial charge >= 0.3 is 0 Å². The highest BCUT2D eigenvalue weighted by atomic mass is 32.1. The number of nitrogens with zero attached hydrogens (tertiary/aromatic N) is 1. The molecule has 0 amide bonds. The molecular formula is C23H33N2O2S+. The van der Waals surface area contributed by atoms with Crippen LogP contribution in [-0.4, -0.2) is 52.0 Å². The Labute approximate surface area is 173 Å². The van der Waals surface area contributed by atoms with Crippen molar-refractivity contribution >= 4 is 17.2 Å². The van der Waals surface area contributed by atoms with Crippen LogP contribution in [0.4, 0.5) is 0 Å². The first-order valence-corrected chi connectivity index (χ1v) is 10.8. The van der Waals surface area contributed by atoms with Crippen molar-refractivity contribution in [2.75, 3.05) is 20.6 Å². The van der Waals surface area contributed by atoms with Crippen LogP contribution >= 0.6 is 12.2 Å². The number of nitrogens with two attached hydrogens (primary N) is 1. The Morgan fingerprint density at radius 3 is 2.64 bits per heavy atom. The van der Waals surface area contributed by atoms with Crippen LogP contribution in [0.15, 0.2) is 24.3 Å². The molecule has 4 rings (SSSR count). The fraction of sp³-hybridized carbons (Fsp3) is 0.609. The molecule has 0 saturated heterocycles. The Kier molecular flexibility index (Phi) is 4.46. The average Bonchev–Trinajstić information content (AvgIpc) is 3.38. The molecule has 4 N–H and O–H groups in total. The van der Waals surface area contributed by atoms with Gasteiger partial charge < -0.3 is 20.4 Å². The Morgan fingerprint density at radius 2 is 2.04 bits per heavy atom. The minimum atomic E-state index is -0.911. The zero-order valence-corrected chi connectivity index (χ0v) is 18.1. The van der Waals surface area contributed by atoms with E-state index < -0.39 is 11.0 Å². The van der Waals surface area contributed by atoms with Crippen molar-refractivity contribution in [2.45, 2.75) is 62.5 Å². The van der Waals surface area contributed by atoms with Gasteiger partial charge in [0.15, 0.2) is 0 Å². The van der Waals surface area contributed by atoms with Crippen LogP contribution in [0.1, 0.15) is 55.7 Å². The molecule has 1 aromatic rings. The Bertz CT molecular complexity index is 860. The highest BCUT2D eigenvalue weighted by Crippen LogP contribution is 2.58. The van der Waals surface area contributed by atoms with Crippen molar-refractivity contribution in [1.82, 2.24) is 0 Å². The third-order valence-electron chi connectivity index (χ3n) is 7.73. The summed E-state index contributed by atoms with van der Waals surface area (Å²) in [4.78, 5) is 0.189. The first kappa shape index (κ1) is 19.9. The molecule has 5 heteroatoms. The number of allylic oxidation sites excluding steroid dienone is 1. The summed E-state index contributed by atoms with van der Waals surface area (Å²) < 4.78 is 0.806. The van der Waals surface area contributed by atoms with Crippen LogP contribution in [0.3, 0.4) is 0 Å². The van der Waals surface area contributed by atoms with Gasteiger partial charge in [0.25, 0.3) is 0 Å². The highest BCUT2D eigenvalue weighted by molar-refractivity contribution is 7.80. The molecule has 3 aliphatic carbocycles. The van der Waals surface area contributed by atoms with E-state index in [1.54, 1.807) is 0 Å². The van der Waals surface area contributed by atoms with Gasteiger partial charge in [0.2, 0.25) is 0 Å². The quantitative estimate of drug-likeness (QED) is 0.412. The Hall–Kier alpha value is -1.43. The van der Waals surface area contributed by atoms with Crippen LogP contribution in [0.2, 0.25) is 0 Å². The van der Waals surface area contributed by atoms with Gasteiger partial charge in [-0.15, -0.1) is 0 Å². The number of fused-ring (bicyclic) bond motifs is 3. The lowest BCUT2D eigenvalue weighted by molar-refractivity contribution is -0.925. The van der Waals surface area contributed by atoms with Gasteiger partial charge in [-0.05, 0) is 43.7 Å². The molecule has 4 nitrogen and oxygen atoms in total. The smallest absolute Gasteiger partial charge is 0.129 e. The molecule has 0 spiro atoms. The topological polar surface area (TPSA) is 66.5 Å². The molecule has 1 unspecified atom stereocenters. The number of rotatable bonds is 4. The molecule has 0 heterocycles. The van der Waals surface area contributed by atoms with E-state index in [9.17, 15) is 10.2 Å². The summed E-state index contributed by atoms with van der Waals surface area (Å²) in [7, 11) is 4.53. The number of benzene rings is 1. The molecule has 28 heavy (non-hydrogen) atoms. The monoisotopic (exact) mass is 401 g/mol. The highest BCUT2D eigenvalue weighted by Gasteiger charge is 2.63. The zero-order chi connectivity index (χ0) is 20.5. The molecule has 1 aromatic carbocycles. The van der Waals surface area contributed by atoms with E-state index in [2.05, 4.69) is 33.7 Å². The SMILES string of the molecule is C=C1CC[C@@]2(O)[C@H]([N+](C)(C)CC3CC3)Cc3ccc(C(N)=S)c(O)c3C2(C)C1. The van der Waals surface area contributed by atoms with Crippen molar-refractivity contribution in [3.05, 3.63) is 41.0 Å². The minimum Gasteiger partial charge on any atom is -0.507 e. The molecule has 0 aliphatic heterocycles. The maximum absolute atomic E-state index is 12.3. The van der Waals surface area contributed by atoms with Crippen molar-refractivity contribution < 1.29 is 14.7 Å². The standard InChI is InChI=1S/C23H32N2O2S/c1-14-9-10-23(27)18(25(3,4)13-15-5-6-15)11-16-7-8-17(21(24)28)20(26)19(16)22(23,2)12-14/h7-8,15,18,27H,1,5-6,9-13H2,2-4H3,(H2-,24,26,28)/p+1/t18-,22?,23-/m1/s1. The van der Waals surface area contributed by atoms with Crippen molar-refractivity contribution in [3.63, 3.8) is 0 Å². The minimum absolute atomic E-state index is 0.0776. The Morgan fingerprint density at radius 1 is 1.36 bits per heavy atom. The molecule has 2 saturated carbocycles. The van der Waals surface area contributed by atoms with E-state index in [-0.39, 0.29) is 16.8 Å². The van der Waals surface area contributed by atoms with Gasteiger partial charge in [-0.25, -0.2) is 0 Å². The summed E-state index contributed by atoms with van der Waals surface area (Å²) in [5, 5.41) is 23.4. The second kappa shape index (κ2) is 6.28. The van der Waals surface area contributed by atoms with E-state index in [1.165, 1.54) is 12.8 Å². The van der Waals surface area contributed by atoms with Gasteiger partial charge in [-0.3, -0.25) is 0 Å². The van der Waals surface area contributed by atoms with Crippen molar-refractivity contribution in [1.29, 1.82) is 0 Å². The zero-order valence-electron chi connectivity index (χ0n) is 17.3. The molecule has 3 aliphatic rings. The van der Waals surface area contributed by atoms with E-state index in [0.717, 1.165) is 46.5 Å². The second-order valence-electron chi connectivity index (χ2n) is 10.2. The fourth-order valence-corrected chi connectivity index (χ4v) is 6.30. The molecule has 0 aromatic heterocycles. The average molecular weight is 402 g/mol. The van der Waals surface area contributed by atoms with Gasteiger partial charge in [0.05, 0.1) is 26.2 Å². The lowest BCUT2D eigenvalue weighted by Gasteiger charge is -2.59. The molecule has 3 atom stereocenters. The van der Waals surface area contributed by atoms with Gasteiger partial charge in [-0.2, -0.15) is 0 Å². The van der Waals surface area contributed by atoms with Gasteiger partial charge in [0.1, 0.15) is 22.4 Å². The summed E-state index contributed by atoms with van der Waals surface area (Å²) in [6, 6.07) is 3.96. The summed E-state index contributed by atoms with van der Waals surface area (Å²) in [5.41, 5.74) is 7.90. The van der Waals surface area contributed by atoms with Crippen LogP contribution in [0, 0.1) is 5.92 Å². The lowest BCUT2D eigenvalue weighted by atomic mass is 9.52. The van der Waals surface area contributed by atoms with E-state index in [1.807, 2.05) is 6.07 Å². The van der Waals surface area contributed by atoms with E-state index >= 15 is 0 Å². The predicted molar refractivity (Wildman–Crippen MR) is 116 cm³/mol. The molecule has 0 radical (unpaired) electrons. The number of aliphatic hydroxyl groups is 1. The molecule has 0 bridgehead atoms. The normalized spacial score (nSPS) is 32.6. The summed E-state index contributed by atoms with van der Waals surface area (Å²) in [6.07, 6.45) is 5.53. The maximum Gasteiger partial charge on any atom is 0.129 e. The maximum atomic E-state index is 12.3. The number of quaternary nitrogens is 1. The number of hydrogen-bond acceptors (Lipinski definition) is 3. The van der Waals surface area contributed by atoms with E-state index in [4.69, 9.17) is 18.0 Å². The summed E-state index contributed by atoms with van der Waals surface area (Å²) in [5.74, 6) is 0.918.